The lowest BCUT2D eigenvalue weighted by atomic mass is 9.71. The van der Waals surface area contributed by atoms with Crippen LogP contribution in [0.15, 0.2) is 35.2 Å². The van der Waals surface area contributed by atoms with Crippen molar-refractivity contribution >= 4 is 11.8 Å². The summed E-state index contributed by atoms with van der Waals surface area (Å²) in [4.78, 5) is 12.5. The number of fused-ring (bicyclic) bond motifs is 2. The lowest BCUT2D eigenvalue weighted by molar-refractivity contribution is -0.441. The summed E-state index contributed by atoms with van der Waals surface area (Å²) in [5, 5.41) is 10.3. The van der Waals surface area contributed by atoms with Crippen molar-refractivity contribution in [3.63, 3.8) is 0 Å². The molecule has 0 radical (unpaired) electrons. The number of aliphatic hydroxyl groups is 1. The summed E-state index contributed by atoms with van der Waals surface area (Å²) < 4.78 is 0. The van der Waals surface area contributed by atoms with Gasteiger partial charge in [0.15, 0.2) is 0 Å². The van der Waals surface area contributed by atoms with Gasteiger partial charge < -0.3 is 5.11 Å². The van der Waals surface area contributed by atoms with Crippen molar-refractivity contribution in [3.8, 4) is 0 Å². The van der Waals surface area contributed by atoms with E-state index in [0.717, 1.165) is 25.0 Å². The maximum absolute atomic E-state index is 10.3. The third kappa shape index (κ3) is 2.75. The van der Waals surface area contributed by atoms with Crippen molar-refractivity contribution in [2.24, 2.45) is 5.92 Å². The largest absolute Gasteiger partial charge is 0.387 e. The average molecular weight is 294 g/mol. The zero-order valence-corrected chi connectivity index (χ0v) is 12.9. The lowest BCUT2D eigenvalue weighted by Gasteiger charge is -2.50. The minimum absolute atomic E-state index is 0.184. The first-order valence-electron chi connectivity index (χ1n) is 7.24. The first-order chi connectivity index (χ1) is 9.50. The minimum atomic E-state index is -0.746. The molecule has 1 saturated heterocycles. The molecule has 3 nitrogen and oxygen atoms in total. The molecule has 0 spiro atoms. The molecule has 1 heterocycles. The highest BCUT2D eigenvalue weighted by Gasteiger charge is 2.51. The predicted octanol–water partition coefficient (Wildman–Crippen LogP) is 3.42. The number of rotatable bonds is 3. The van der Waals surface area contributed by atoms with Gasteiger partial charge >= 0.3 is 0 Å². The van der Waals surface area contributed by atoms with Gasteiger partial charge in [0, 0.05) is 10.6 Å². The van der Waals surface area contributed by atoms with Crippen LogP contribution in [0.25, 0.3) is 0 Å². The van der Waals surface area contributed by atoms with Gasteiger partial charge in [-0.3, -0.25) is 0 Å². The number of benzene rings is 1. The molecule has 0 unspecified atom stereocenters. The molecule has 2 fully saturated rings. The van der Waals surface area contributed by atoms with Gasteiger partial charge in [-0.25, -0.2) is 9.78 Å². The van der Waals surface area contributed by atoms with E-state index in [4.69, 9.17) is 9.78 Å². The average Bonchev–Trinajstić information content (AvgIpc) is 2.45. The van der Waals surface area contributed by atoms with E-state index in [2.05, 4.69) is 31.2 Å². The van der Waals surface area contributed by atoms with Gasteiger partial charge in [-0.1, -0.05) is 18.2 Å². The van der Waals surface area contributed by atoms with Crippen molar-refractivity contribution in [2.75, 3.05) is 5.75 Å². The summed E-state index contributed by atoms with van der Waals surface area (Å²) in [7, 11) is 0. The fourth-order valence-electron chi connectivity index (χ4n) is 3.08. The molecular formula is C16H22O3S. The molecule has 1 saturated carbocycles. The Morgan fingerprint density at radius 3 is 2.80 bits per heavy atom. The van der Waals surface area contributed by atoms with Crippen LogP contribution in [0.3, 0.4) is 0 Å². The Balaban J connectivity index is 1.65. The molecule has 2 bridgehead atoms. The topological polar surface area (TPSA) is 38.7 Å². The van der Waals surface area contributed by atoms with E-state index in [1.165, 1.54) is 4.90 Å². The number of hydrogen-bond acceptors (Lipinski definition) is 4. The van der Waals surface area contributed by atoms with Gasteiger partial charge in [-0.05, 0) is 51.2 Å². The predicted molar refractivity (Wildman–Crippen MR) is 79.5 cm³/mol. The van der Waals surface area contributed by atoms with Gasteiger partial charge in [0.05, 0.1) is 5.60 Å². The smallest absolute Gasteiger partial charge is 0.122 e. The summed E-state index contributed by atoms with van der Waals surface area (Å²) in [5.41, 5.74) is -1.02. The van der Waals surface area contributed by atoms with Crippen molar-refractivity contribution in [1.82, 2.24) is 0 Å². The van der Waals surface area contributed by atoms with Crippen molar-refractivity contribution in [3.05, 3.63) is 30.3 Å². The highest BCUT2D eigenvalue weighted by Crippen LogP contribution is 2.46. The van der Waals surface area contributed by atoms with E-state index in [0.29, 0.717) is 5.92 Å². The molecule has 1 aromatic rings. The highest BCUT2D eigenvalue weighted by atomic mass is 32.2. The molecule has 3 rings (SSSR count). The Kier molecular flexibility index (Phi) is 3.84. The maximum Gasteiger partial charge on any atom is 0.122 e. The molecule has 0 amide bonds. The molecule has 1 aliphatic carbocycles. The van der Waals surface area contributed by atoms with Crippen molar-refractivity contribution < 1.29 is 14.9 Å². The summed E-state index contributed by atoms with van der Waals surface area (Å²) in [6.45, 7) is 3.97. The second-order valence-electron chi connectivity index (χ2n) is 6.41. The Morgan fingerprint density at radius 2 is 2.05 bits per heavy atom. The van der Waals surface area contributed by atoms with Gasteiger partial charge in [0.25, 0.3) is 0 Å². The molecule has 4 heteroatoms. The second kappa shape index (κ2) is 5.34. The third-order valence-electron chi connectivity index (χ3n) is 4.68. The van der Waals surface area contributed by atoms with Gasteiger partial charge in [-0.15, -0.1) is 11.8 Å². The summed E-state index contributed by atoms with van der Waals surface area (Å²) >= 11 is 1.80. The van der Waals surface area contributed by atoms with E-state index in [1.807, 2.05) is 13.0 Å². The molecule has 1 N–H and O–H groups in total. The standard InChI is InChI=1S/C16H22O3S/c1-15(17)9-8-12-10-14(15)18-19-16(12,2)11-20-13-6-4-3-5-7-13/h3-7,12,14,17H,8-11H2,1-2H3/t12-,14-,15+,16+/m0/s1. The monoisotopic (exact) mass is 294 g/mol. The molecule has 1 aromatic carbocycles. The lowest BCUT2D eigenvalue weighted by Crippen LogP contribution is -2.57. The first kappa shape index (κ1) is 14.4. The third-order valence-corrected chi connectivity index (χ3v) is 6.00. The van der Waals surface area contributed by atoms with Crippen LogP contribution in [0.5, 0.6) is 0 Å². The normalized spacial score (nSPS) is 40.5. The van der Waals surface area contributed by atoms with Crippen LogP contribution in [-0.4, -0.2) is 28.2 Å². The minimum Gasteiger partial charge on any atom is -0.387 e. The SMILES string of the molecule is C[C@]1(CSc2ccccc2)OO[C@H]2C[C@@H]1CC[C@@]2(C)O. The molecule has 2 aliphatic rings. The molecule has 4 atom stereocenters. The first-order valence-corrected chi connectivity index (χ1v) is 8.23. The molecule has 110 valence electrons. The summed E-state index contributed by atoms with van der Waals surface area (Å²) in [6, 6.07) is 10.4. The fraction of sp³-hybridized carbons (Fsp3) is 0.625. The zero-order valence-electron chi connectivity index (χ0n) is 12.0. The molecule has 1 aliphatic heterocycles. The molecular weight excluding hydrogens is 272 g/mol. The van der Waals surface area contributed by atoms with E-state index in [9.17, 15) is 5.11 Å². The Labute approximate surface area is 124 Å². The van der Waals surface area contributed by atoms with Gasteiger partial charge in [0.1, 0.15) is 11.7 Å². The Morgan fingerprint density at radius 1 is 1.30 bits per heavy atom. The van der Waals surface area contributed by atoms with Crippen LogP contribution in [0.1, 0.15) is 33.1 Å². The number of thioether (sulfide) groups is 1. The van der Waals surface area contributed by atoms with Crippen molar-refractivity contribution in [2.45, 2.75) is 55.3 Å². The molecule has 0 aromatic heterocycles. The summed E-state index contributed by atoms with van der Waals surface area (Å²) in [5.74, 6) is 1.33. The zero-order chi connectivity index (χ0) is 14.2. The highest BCUT2D eigenvalue weighted by molar-refractivity contribution is 7.99. The Hall–Kier alpha value is -0.550. The molecule has 20 heavy (non-hydrogen) atoms. The summed E-state index contributed by atoms with van der Waals surface area (Å²) in [6.07, 6.45) is 2.49. The van der Waals surface area contributed by atoms with E-state index < -0.39 is 5.60 Å². The van der Waals surface area contributed by atoms with Crippen molar-refractivity contribution in [1.29, 1.82) is 0 Å². The maximum atomic E-state index is 10.3. The van der Waals surface area contributed by atoms with Gasteiger partial charge in [0.2, 0.25) is 0 Å². The van der Waals surface area contributed by atoms with Crippen LogP contribution < -0.4 is 0 Å². The number of hydrogen-bond donors (Lipinski definition) is 1. The second-order valence-corrected chi connectivity index (χ2v) is 7.46. The van der Waals surface area contributed by atoms with Crippen LogP contribution in [0.2, 0.25) is 0 Å². The van der Waals surface area contributed by atoms with E-state index in [1.54, 1.807) is 11.8 Å². The van der Waals surface area contributed by atoms with Crippen LogP contribution in [0.4, 0.5) is 0 Å². The Bertz CT molecular complexity index is 462. The van der Waals surface area contributed by atoms with Crippen LogP contribution >= 0.6 is 11.8 Å². The van der Waals surface area contributed by atoms with Gasteiger partial charge in [-0.2, -0.15) is 0 Å². The van der Waals surface area contributed by atoms with E-state index >= 15 is 0 Å². The van der Waals surface area contributed by atoms with E-state index in [-0.39, 0.29) is 11.7 Å². The van der Waals surface area contributed by atoms with Crippen LogP contribution in [-0.2, 0) is 9.78 Å². The quantitative estimate of drug-likeness (QED) is 0.685. The van der Waals surface area contributed by atoms with Crippen LogP contribution in [0, 0.1) is 5.92 Å². The fourth-order valence-corrected chi connectivity index (χ4v) is 4.16.